The number of carbonyl (C=O) groups is 1. The summed E-state index contributed by atoms with van der Waals surface area (Å²) in [6.45, 7) is 1.80. The molecule has 24 heavy (non-hydrogen) atoms. The average molecular weight is 325 g/mol. The second-order valence-electron chi connectivity index (χ2n) is 5.25. The molecular formula is C19H19NO4. The number of carbonyl (C=O) groups excluding carboxylic acids is 1. The first-order chi connectivity index (χ1) is 11.8. The van der Waals surface area contributed by atoms with Crippen molar-refractivity contribution in [2.75, 3.05) is 19.8 Å². The second kappa shape index (κ2) is 8.06. The third kappa shape index (κ3) is 4.52. The lowest BCUT2D eigenvalue weighted by molar-refractivity contribution is 0.141. The van der Waals surface area contributed by atoms with Gasteiger partial charge < -0.3 is 19.5 Å². The van der Waals surface area contributed by atoms with Gasteiger partial charge in [-0.15, -0.1) is 0 Å². The fourth-order valence-electron chi connectivity index (χ4n) is 2.28. The van der Waals surface area contributed by atoms with Crippen LogP contribution < -0.4 is 14.8 Å². The Morgan fingerprint density at radius 3 is 2.71 bits per heavy atom. The lowest BCUT2D eigenvalue weighted by Crippen LogP contribution is -2.24. The van der Waals surface area contributed by atoms with Crippen molar-refractivity contribution in [2.24, 2.45) is 0 Å². The van der Waals surface area contributed by atoms with Crippen molar-refractivity contribution >= 4 is 12.2 Å². The van der Waals surface area contributed by atoms with Gasteiger partial charge in [-0.3, -0.25) is 0 Å². The zero-order chi connectivity index (χ0) is 16.6. The summed E-state index contributed by atoms with van der Waals surface area (Å²) in [5.41, 5.74) is 1.94. The Morgan fingerprint density at radius 1 is 1.08 bits per heavy atom. The van der Waals surface area contributed by atoms with Crippen molar-refractivity contribution in [1.82, 2.24) is 5.32 Å². The standard InChI is InChI=1S/C19H19NO4/c21-19(24-14-16-5-2-1-3-6-16)20-10-4-7-15-8-9-17-18(13-15)23-12-11-22-17/h1-9,13H,10-12,14H2,(H,20,21). The van der Waals surface area contributed by atoms with Gasteiger partial charge in [-0.2, -0.15) is 0 Å². The van der Waals surface area contributed by atoms with Crippen molar-refractivity contribution in [1.29, 1.82) is 0 Å². The molecule has 5 heteroatoms. The summed E-state index contributed by atoms with van der Waals surface area (Å²) in [4.78, 5) is 11.6. The van der Waals surface area contributed by atoms with Crippen LogP contribution in [0.15, 0.2) is 54.6 Å². The first kappa shape index (κ1) is 15.9. The van der Waals surface area contributed by atoms with Crippen molar-refractivity contribution in [2.45, 2.75) is 6.61 Å². The van der Waals surface area contributed by atoms with Gasteiger partial charge in [0.2, 0.25) is 0 Å². The maximum atomic E-state index is 11.6. The molecule has 1 amide bonds. The molecule has 124 valence electrons. The molecule has 1 heterocycles. The number of benzene rings is 2. The third-order valence-corrected chi connectivity index (χ3v) is 3.45. The number of hydrogen-bond acceptors (Lipinski definition) is 4. The van der Waals surface area contributed by atoms with E-state index in [2.05, 4.69) is 5.32 Å². The molecule has 0 unspecified atom stereocenters. The maximum Gasteiger partial charge on any atom is 0.407 e. The summed E-state index contributed by atoms with van der Waals surface area (Å²) in [5.74, 6) is 1.51. The Balaban J connectivity index is 1.42. The highest BCUT2D eigenvalue weighted by Crippen LogP contribution is 2.30. The predicted molar refractivity (Wildman–Crippen MR) is 91.1 cm³/mol. The lowest BCUT2D eigenvalue weighted by Gasteiger charge is -2.18. The van der Waals surface area contributed by atoms with Gasteiger partial charge in [0.15, 0.2) is 11.5 Å². The van der Waals surface area contributed by atoms with Gasteiger partial charge in [-0.05, 0) is 23.3 Å². The number of amides is 1. The molecule has 0 radical (unpaired) electrons. The van der Waals surface area contributed by atoms with E-state index in [9.17, 15) is 4.79 Å². The highest BCUT2D eigenvalue weighted by Gasteiger charge is 2.10. The van der Waals surface area contributed by atoms with Crippen LogP contribution in [0.4, 0.5) is 4.79 Å². The SMILES string of the molecule is O=C(NCC=Cc1ccc2c(c1)OCCO2)OCc1ccccc1. The lowest BCUT2D eigenvalue weighted by atomic mass is 10.2. The Bertz CT molecular complexity index is 713. The topological polar surface area (TPSA) is 56.8 Å². The van der Waals surface area contributed by atoms with E-state index in [4.69, 9.17) is 14.2 Å². The summed E-state index contributed by atoms with van der Waals surface area (Å²) in [6, 6.07) is 15.3. The minimum atomic E-state index is -0.439. The Morgan fingerprint density at radius 2 is 1.88 bits per heavy atom. The Hall–Kier alpha value is -2.95. The van der Waals surface area contributed by atoms with Crippen molar-refractivity contribution in [3.63, 3.8) is 0 Å². The minimum Gasteiger partial charge on any atom is -0.486 e. The molecule has 0 saturated carbocycles. The number of hydrogen-bond donors (Lipinski definition) is 1. The number of nitrogens with one attached hydrogen (secondary N) is 1. The van der Waals surface area contributed by atoms with Crippen molar-refractivity contribution in [3.8, 4) is 11.5 Å². The molecule has 0 spiro atoms. The monoisotopic (exact) mass is 325 g/mol. The van der Waals surface area contributed by atoms with E-state index >= 15 is 0 Å². The van der Waals surface area contributed by atoms with Gasteiger partial charge in [-0.25, -0.2) is 4.79 Å². The Kier molecular flexibility index (Phi) is 5.35. The highest BCUT2D eigenvalue weighted by atomic mass is 16.6. The number of ether oxygens (including phenoxy) is 3. The third-order valence-electron chi connectivity index (χ3n) is 3.45. The van der Waals surface area contributed by atoms with Crippen LogP contribution in [0.1, 0.15) is 11.1 Å². The van der Waals surface area contributed by atoms with E-state index < -0.39 is 6.09 Å². The summed E-state index contributed by atoms with van der Waals surface area (Å²) in [6.07, 6.45) is 3.33. The van der Waals surface area contributed by atoms with Crippen molar-refractivity contribution < 1.29 is 19.0 Å². The first-order valence-corrected chi connectivity index (χ1v) is 7.82. The molecule has 0 aromatic heterocycles. The molecule has 0 saturated heterocycles. The van der Waals surface area contributed by atoms with Crippen LogP contribution in [0.2, 0.25) is 0 Å². The molecule has 1 N–H and O–H groups in total. The van der Waals surface area contributed by atoms with Crippen LogP contribution in [0.25, 0.3) is 6.08 Å². The quantitative estimate of drug-likeness (QED) is 0.915. The van der Waals surface area contributed by atoms with E-state index in [-0.39, 0.29) is 6.61 Å². The zero-order valence-electron chi connectivity index (χ0n) is 13.2. The molecule has 5 nitrogen and oxygen atoms in total. The highest BCUT2D eigenvalue weighted by molar-refractivity contribution is 5.67. The van der Waals surface area contributed by atoms with Gasteiger partial charge in [0.25, 0.3) is 0 Å². The maximum absolute atomic E-state index is 11.6. The number of fused-ring (bicyclic) bond motifs is 1. The van der Waals surface area contributed by atoms with Gasteiger partial charge in [0.1, 0.15) is 19.8 Å². The number of alkyl carbamates (subject to hydrolysis) is 1. The average Bonchev–Trinajstić information content (AvgIpc) is 2.64. The fourth-order valence-corrected chi connectivity index (χ4v) is 2.28. The molecule has 1 aliphatic heterocycles. The predicted octanol–water partition coefficient (Wildman–Crippen LogP) is 3.40. The van der Waals surface area contributed by atoms with E-state index in [1.807, 2.05) is 60.7 Å². The molecule has 0 bridgehead atoms. The molecular weight excluding hydrogens is 306 g/mol. The van der Waals surface area contributed by atoms with Crippen molar-refractivity contribution in [3.05, 3.63) is 65.7 Å². The molecule has 1 aliphatic rings. The summed E-state index contributed by atoms with van der Waals surface area (Å²) < 4.78 is 16.1. The van der Waals surface area contributed by atoms with Gasteiger partial charge in [0, 0.05) is 6.54 Å². The summed E-state index contributed by atoms with van der Waals surface area (Å²) >= 11 is 0. The van der Waals surface area contributed by atoms with Crippen LogP contribution in [0.3, 0.4) is 0 Å². The zero-order valence-corrected chi connectivity index (χ0v) is 13.2. The van der Waals surface area contributed by atoms with E-state index in [1.54, 1.807) is 0 Å². The minimum absolute atomic E-state index is 0.262. The molecule has 2 aromatic carbocycles. The van der Waals surface area contributed by atoms with Crippen LogP contribution in [-0.2, 0) is 11.3 Å². The first-order valence-electron chi connectivity index (χ1n) is 7.82. The largest absolute Gasteiger partial charge is 0.486 e. The molecule has 0 atom stereocenters. The smallest absolute Gasteiger partial charge is 0.407 e. The molecule has 3 rings (SSSR count). The Labute approximate surface area is 140 Å². The van der Waals surface area contributed by atoms with Gasteiger partial charge in [-0.1, -0.05) is 48.6 Å². The fraction of sp³-hybridized carbons (Fsp3) is 0.211. The van der Waals surface area contributed by atoms with E-state index in [0.29, 0.717) is 19.8 Å². The van der Waals surface area contributed by atoms with Crippen LogP contribution in [0, 0.1) is 0 Å². The van der Waals surface area contributed by atoms with Gasteiger partial charge >= 0.3 is 6.09 Å². The van der Waals surface area contributed by atoms with Crippen LogP contribution in [-0.4, -0.2) is 25.9 Å². The second-order valence-corrected chi connectivity index (χ2v) is 5.25. The van der Waals surface area contributed by atoms with Gasteiger partial charge in [0.05, 0.1) is 0 Å². The molecule has 0 fully saturated rings. The summed E-state index contributed by atoms with van der Waals surface area (Å²) in [5, 5.41) is 2.68. The molecule has 0 aliphatic carbocycles. The number of rotatable bonds is 5. The summed E-state index contributed by atoms with van der Waals surface area (Å²) in [7, 11) is 0. The van der Waals surface area contributed by atoms with Crippen LogP contribution >= 0.6 is 0 Å². The van der Waals surface area contributed by atoms with E-state index in [1.165, 1.54) is 0 Å². The van der Waals surface area contributed by atoms with Crippen LogP contribution in [0.5, 0.6) is 11.5 Å². The molecule has 2 aromatic rings. The normalized spacial score (nSPS) is 12.8. The van der Waals surface area contributed by atoms with E-state index in [0.717, 1.165) is 22.6 Å².